The van der Waals surface area contributed by atoms with Crippen molar-refractivity contribution in [1.82, 2.24) is 0 Å². The summed E-state index contributed by atoms with van der Waals surface area (Å²) in [5.41, 5.74) is 0.242. The van der Waals surface area contributed by atoms with Crippen LogP contribution in [-0.2, 0) is 14.9 Å². The highest BCUT2D eigenvalue weighted by atomic mass is 35.5. The predicted molar refractivity (Wildman–Crippen MR) is 85.0 cm³/mol. The van der Waals surface area contributed by atoms with Crippen molar-refractivity contribution in [1.29, 1.82) is 0 Å². The van der Waals surface area contributed by atoms with Gasteiger partial charge in [-0.2, -0.15) is 8.42 Å². The first-order valence-corrected chi connectivity index (χ1v) is 8.21. The highest BCUT2D eigenvalue weighted by Gasteiger charge is 2.20. The monoisotopic (exact) mass is 359 g/mol. The van der Waals surface area contributed by atoms with Gasteiger partial charge in [0.25, 0.3) is 0 Å². The first-order valence-electron chi connectivity index (χ1n) is 6.05. The van der Waals surface area contributed by atoms with Crippen LogP contribution in [0, 0.1) is 0 Å². The Morgan fingerprint density at radius 3 is 2.27 bits per heavy atom. The van der Waals surface area contributed by atoms with Gasteiger partial charge in [0, 0.05) is 17.0 Å². The van der Waals surface area contributed by atoms with Crippen LogP contribution < -0.4 is 9.50 Å². The number of halogens is 2. The Balaban J connectivity index is 2.39. The molecule has 0 bridgehead atoms. The van der Waals surface area contributed by atoms with Gasteiger partial charge in [0.1, 0.15) is 4.90 Å². The molecule has 1 N–H and O–H groups in total. The second-order valence-corrected chi connectivity index (χ2v) is 6.74. The molecule has 22 heavy (non-hydrogen) atoms. The normalized spacial score (nSPS) is 11.0. The minimum absolute atomic E-state index is 0.00574. The summed E-state index contributed by atoms with van der Waals surface area (Å²) < 4.78 is 29.7. The van der Waals surface area contributed by atoms with Crippen molar-refractivity contribution in [3.8, 4) is 5.75 Å². The van der Waals surface area contributed by atoms with E-state index >= 15 is 0 Å². The fourth-order valence-electron chi connectivity index (χ4n) is 1.67. The smallest absolute Gasteiger partial charge is 0.339 e. The van der Waals surface area contributed by atoms with E-state index in [4.69, 9.17) is 27.4 Å². The third-order valence-corrected chi connectivity index (χ3v) is 4.17. The Morgan fingerprint density at radius 1 is 1.09 bits per heavy atom. The molecule has 0 heterocycles. The molecule has 0 saturated carbocycles. The van der Waals surface area contributed by atoms with E-state index in [1.54, 1.807) is 12.1 Å². The lowest BCUT2D eigenvalue weighted by atomic mass is 10.3. The molecule has 2 rings (SSSR count). The molecule has 0 fully saturated rings. The summed E-state index contributed by atoms with van der Waals surface area (Å²) in [5, 5.41) is 2.83. The van der Waals surface area contributed by atoms with Crippen molar-refractivity contribution in [2.75, 3.05) is 5.32 Å². The largest absolute Gasteiger partial charge is 0.377 e. The van der Waals surface area contributed by atoms with Crippen molar-refractivity contribution < 1.29 is 17.4 Å². The van der Waals surface area contributed by atoms with Crippen LogP contribution in [-0.4, -0.2) is 14.3 Å². The number of benzene rings is 2. The fourth-order valence-corrected chi connectivity index (χ4v) is 3.35. The van der Waals surface area contributed by atoms with Crippen LogP contribution in [0.1, 0.15) is 6.92 Å². The Kier molecular flexibility index (Phi) is 4.95. The first kappa shape index (κ1) is 16.6. The Bertz CT molecular complexity index is 801. The molecule has 0 saturated heterocycles. The third kappa shape index (κ3) is 4.13. The summed E-state index contributed by atoms with van der Waals surface area (Å²) in [4.78, 5) is 11.0. The highest BCUT2D eigenvalue weighted by Crippen LogP contribution is 2.29. The van der Waals surface area contributed by atoms with Gasteiger partial charge in [0.05, 0.1) is 5.69 Å². The van der Waals surface area contributed by atoms with Gasteiger partial charge in [0.2, 0.25) is 5.91 Å². The van der Waals surface area contributed by atoms with Crippen LogP contribution in [0.25, 0.3) is 0 Å². The first-order chi connectivity index (χ1) is 10.3. The number of amides is 1. The predicted octanol–water partition coefficient (Wildman–Crippen LogP) is 3.72. The number of anilines is 1. The summed E-state index contributed by atoms with van der Waals surface area (Å²) in [5.74, 6) is -0.354. The average Bonchev–Trinajstić information content (AvgIpc) is 2.39. The molecule has 8 heteroatoms. The second kappa shape index (κ2) is 6.56. The lowest BCUT2D eigenvalue weighted by Crippen LogP contribution is -2.13. The Morgan fingerprint density at radius 2 is 1.68 bits per heavy atom. The van der Waals surface area contributed by atoms with Crippen molar-refractivity contribution in [3.63, 3.8) is 0 Å². The maximum absolute atomic E-state index is 12.3. The fraction of sp³-hybridized carbons (Fsp3) is 0.0714. The maximum atomic E-state index is 12.3. The van der Waals surface area contributed by atoms with Gasteiger partial charge in [0.15, 0.2) is 5.75 Å². The molecule has 0 atom stereocenters. The SMILES string of the molecule is CC(=O)Nc1ccccc1OS(=O)(=O)c1cc(Cl)cc(Cl)c1. The van der Waals surface area contributed by atoms with Crippen molar-refractivity contribution in [2.24, 2.45) is 0 Å². The van der Waals surface area contributed by atoms with Crippen molar-refractivity contribution in [2.45, 2.75) is 11.8 Å². The summed E-state index contributed by atoms with van der Waals surface area (Å²) in [6, 6.07) is 10.0. The van der Waals surface area contributed by atoms with Gasteiger partial charge in [-0.3, -0.25) is 4.79 Å². The number of carbonyl (C=O) groups excluding carboxylic acids is 1. The zero-order valence-corrected chi connectivity index (χ0v) is 13.7. The van der Waals surface area contributed by atoms with Crippen molar-refractivity contribution >= 4 is 44.9 Å². The van der Waals surface area contributed by atoms with E-state index in [2.05, 4.69) is 5.32 Å². The number of nitrogens with one attached hydrogen (secondary N) is 1. The van der Waals surface area contributed by atoms with Gasteiger partial charge in [-0.1, -0.05) is 35.3 Å². The molecular weight excluding hydrogens is 349 g/mol. The van der Waals surface area contributed by atoms with Gasteiger partial charge < -0.3 is 9.50 Å². The molecule has 1 amide bonds. The van der Waals surface area contributed by atoms with E-state index in [1.165, 1.54) is 37.3 Å². The van der Waals surface area contributed by atoms with Crippen LogP contribution in [0.4, 0.5) is 5.69 Å². The molecule has 0 aliphatic heterocycles. The molecule has 116 valence electrons. The molecular formula is C14H11Cl2NO4S. The van der Waals surface area contributed by atoms with Gasteiger partial charge in [-0.25, -0.2) is 0 Å². The summed E-state index contributed by atoms with van der Waals surface area (Å²) >= 11 is 11.6. The van der Waals surface area contributed by atoms with E-state index in [0.717, 1.165) is 0 Å². The standard InChI is InChI=1S/C14H11Cl2NO4S/c1-9(18)17-13-4-2-3-5-14(13)21-22(19,20)12-7-10(15)6-11(16)8-12/h2-8H,1H3,(H,17,18). The molecule has 2 aromatic carbocycles. The van der Waals surface area contributed by atoms with E-state index in [-0.39, 0.29) is 32.3 Å². The van der Waals surface area contributed by atoms with Crippen molar-refractivity contribution in [3.05, 3.63) is 52.5 Å². The molecule has 0 aliphatic carbocycles. The zero-order chi connectivity index (χ0) is 16.3. The van der Waals surface area contributed by atoms with E-state index in [9.17, 15) is 13.2 Å². The highest BCUT2D eigenvalue weighted by molar-refractivity contribution is 7.87. The molecule has 0 aromatic heterocycles. The van der Waals surface area contributed by atoms with Crippen LogP contribution >= 0.6 is 23.2 Å². The van der Waals surface area contributed by atoms with Crippen LogP contribution in [0.15, 0.2) is 47.4 Å². The summed E-state index contributed by atoms with van der Waals surface area (Å²) in [7, 11) is -4.14. The zero-order valence-electron chi connectivity index (χ0n) is 11.3. The quantitative estimate of drug-likeness (QED) is 0.844. The molecule has 0 radical (unpaired) electrons. The molecule has 0 aliphatic rings. The number of carbonyl (C=O) groups is 1. The van der Waals surface area contributed by atoms with Gasteiger partial charge >= 0.3 is 10.1 Å². The lowest BCUT2D eigenvalue weighted by Gasteiger charge is -2.12. The number of hydrogen-bond donors (Lipinski definition) is 1. The van der Waals surface area contributed by atoms with E-state index in [0.29, 0.717) is 0 Å². The van der Waals surface area contributed by atoms with E-state index < -0.39 is 10.1 Å². The molecule has 5 nitrogen and oxygen atoms in total. The Labute approximate surface area is 137 Å². The number of para-hydroxylation sites is 2. The van der Waals surface area contributed by atoms with Crippen LogP contribution in [0.5, 0.6) is 5.75 Å². The minimum atomic E-state index is -4.14. The second-order valence-electron chi connectivity index (χ2n) is 4.32. The summed E-state index contributed by atoms with van der Waals surface area (Å²) in [6.45, 7) is 1.31. The van der Waals surface area contributed by atoms with E-state index in [1.807, 2.05) is 0 Å². The third-order valence-electron chi connectivity index (χ3n) is 2.52. The topological polar surface area (TPSA) is 72.5 Å². The molecule has 0 spiro atoms. The van der Waals surface area contributed by atoms with Gasteiger partial charge in [-0.15, -0.1) is 0 Å². The minimum Gasteiger partial charge on any atom is -0.377 e. The van der Waals surface area contributed by atoms with Gasteiger partial charge in [-0.05, 0) is 30.3 Å². The van der Waals surface area contributed by atoms with Crippen LogP contribution in [0.2, 0.25) is 10.0 Å². The number of rotatable bonds is 4. The summed E-state index contributed by atoms with van der Waals surface area (Å²) in [6.07, 6.45) is 0. The molecule has 0 unspecified atom stereocenters. The number of hydrogen-bond acceptors (Lipinski definition) is 4. The average molecular weight is 360 g/mol. The lowest BCUT2D eigenvalue weighted by molar-refractivity contribution is -0.114. The van der Waals surface area contributed by atoms with Crippen LogP contribution in [0.3, 0.4) is 0 Å². The Hall–Kier alpha value is -1.76. The maximum Gasteiger partial charge on any atom is 0.339 e. The molecule has 2 aromatic rings.